The first kappa shape index (κ1) is 10.8. The molecule has 0 spiro atoms. The number of aromatic hydroxyl groups is 1. The molecule has 1 heterocycles. The second-order valence-corrected chi connectivity index (χ2v) is 3.62. The minimum atomic E-state index is -2.58. The molecule has 0 saturated heterocycles. The Labute approximate surface area is 94.9 Å². The van der Waals surface area contributed by atoms with E-state index in [-0.39, 0.29) is 16.1 Å². The summed E-state index contributed by atoms with van der Waals surface area (Å²) in [6, 6.07) is 7.29. The smallest absolute Gasteiger partial charge is 0.279 e. The van der Waals surface area contributed by atoms with E-state index in [0.29, 0.717) is 5.69 Å². The quantitative estimate of drug-likeness (QED) is 0.794. The molecule has 0 radical (unpaired) electrons. The van der Waals surface area contributed by atoms with E-state index in [1.54, 1.807) is 12.1 Å². The molecule has 2 N–H and O–H groups in total. The first-order chi connectivity index (χ1) is 7.58. The average molecular weight is 242 g/mol. The fourth-order valence-corrected chi connectivity index (χ4v) is 1.60. The van der Waals surface area contributed by atoms with Crippen LogP contribution in [-0.4, -0.2) is 14.9 Å². The largest absolute Gasteiger partial charge is 0.508 e. The lowest BCUT2D eigenvalue weighted by Gasteiger charge is -2.02. The summed E-state index contributed by atoms with van der Waals surface area (Å²) in [4.78, 5) is 0. The number of hydrogen-bond donors (Lipinski definition) is 2. The molecular weight excluding hydrogens is 234 g/mol. The maximum absolute atomic E-state index is 12.4. The third kappa shape index (κ3) is 1.96. The summed E-state index contributed by atoms with van der Waals surface area (Å²) in [7, 11) is 0. The van der Waals surface area contributed by atoms with Gasteiger partial charge in [-0.2, -0.15) is 0 Å². The Kier molecular flexibility index (Phi) is 2.74. The molecule has 0 aliphatic rings. The van der Waals surface area contributed by atoms with Crippen LogP contribution in [0.4, 0.5) is 8.78 Å². The van der Waals surface area contributed by atoms with Gasteiger partial charge in [0, 0.05) is 6.07 Å². The minimum absolute atomic E-state index is 0.107. The van der Waals surface area contributed by atoms with Gasteiger partial charge in [-0.1, -0.05) is 12.2 Å². The molecule has 0 bridgehead atoms. The van der Waals surface area contributed by atoms with E-state index in [0.717, 1.165) is 0 Å². The molecule has 1 aromatic carbocycles. The molecule has 6 heteroatoms. The summed E-state index contributed by atoms with van der Waals surface area (Å²) < 4.78 is 26.4. The van der Waals surface area contributed by atoms with E-state index in [4.69, 9.17) is 17.3 Å². The molecule has 0 unspecified atom stereocenters. The molecule has 0 amide bonds. The lowest BCUT2D eigenvalue weighted by Crippen LogP contribution is -1.97. The number of hydrogen-bond acceptors (Lipinski definition) is 2. The van der Waals surface area contributed by atoms with Gasteiger partial charge in [-0.3, -0.25) is 5.10 Å². The monoisotopic (exact) mass is 242 g/mol. The molecule has 2 aromatic rings. The van der Waals surface area contributed by atoms with Crippen LogP contribution in [0.15, 0.2) is 30.3 Å². The number of nitrogens with one attached hydrogen (secondary N) is 1. The Morgan fingerprint density at radius 1 is 1.25 bits per heavy atom. The van der Waals surface area contributed by atoms with Gasteiger partial charge < -0.3 is 5.11 Å². The third-order valence-electron chi connectivity index (χ3n) is 2.08. The topological polar surface area (TPSA) is 41.0 Å². The minimum Gasteiger partial charge on any atom is -0.508 e. The van der Waals surface area contributed by atoms with Gasteiger partial charge in [-0.05, 0) is 24.3 Å². The summed E-state index contributed by atoms with van der Waals surface area (Å²) >= 11 is 4.94. The Morgan fingerprint density at radius 3 is 2.38 bits per heavy atom. The number of alkyl halides is 2. The van der Waals surface area contributed by atoms with Gasteiger partial charge in [0.15, 0.2) is 0 Å². The Bertz CT molecular complexity index is 545. The van der Waals surface area contributed by atoms with E-state index < -0.39 is 6.43 Å². The molecule has 0 aliphatic heterocycles. The van der Waals surface area contributed by atoms with Crippen LogP contribution >= 0.6 is 12.2 Å². The number of phenols is 1. The fourth-order valence-electron chi connectivity index (χ4n) is 1.32. The Morgan fingerprint density at radius 2 is 1.88 bits per heavy atom. The van der Waals surface area contributed by atoms with Crippen molar-refractivity contribution >= 4 is 12.2 Å². The number of H-pyrrole nitrogens is 1. The first-order valence-corrected chi connectivity index (χ1v) is 4.88. The number of benzene rings is 1. The van der Waals surface area contributed by atoms with Crippen molar-refractivity contribution in [3.8, 4) is 11.4 Å². The van der Waals surface area contributed by atoms with Crippen LogP contribution in [0.2, 0.25) is 0 Å². The molecule has 1 aromatic heterocycles. The van der Waals surface area contributed by atoms with Crippen LogP contribution in [0.3, 0.4) is 0 Å². The van der Waals surface area contributed by atoms with Gasteiger partial charge in [0.2, 0.25) is 0 Å². The van der Waals surface area contributed by atoms with Crippen molar-refractivity contribution in [3.05, 3.63) is 40.7 Å². The van der Waals surface area contributed by atoms with Gasteiger partial charge in [-0.25, -0.2) is 13.5 Å². The van der Waals surface area contributed by atoms with Crippen LogP contribution in [0.1, 0.15) is 12.1 Å². The molecule has 16 heavy (non-hydrogen) atoms. The highest BCUT2D eigenvalue weighted by molar-refractivity contribution is 7.71. The number of nitrogens with zero attached hydrogens (tertiary/aromatic N) is 1. The Hall–Kier alpha value is -1.69. The number of aromatic nitrogens is 2. The number of rotatable bonds is 2. The van der Waals surface area contributed by atoms with Gasteiger partial charge in [0.05, 0.1) is 5.69 Å². The molecule has 3 nitrogen and oxygen atoms in total. The highest BCUT2D eigenvalue weighted by Gasteiger charge is 2.11. The standard InChI is InChI=1S/C10H8F2N2OS/c11-10(12)8-5-9(16)14(13-8)6-1-3-7(15)4-2-6/h1-5,10,13,15H. The number of halogens is 2. The second kappa shape index (κ2) is 4.05. The van der Waals surface area contributed by atoms with Gasteiger partial charge in [-0.15, -0.1) is 0 Å². The maximum atomic E-state index is 12.4. The van der Waals surface area contributed by atoms with Crippen molar-refractivity contribution in [1.29, 1.82) is 0 Å². The van der Waals surface area contributed by atoms with Crippen LogP contribution < -0.4 is 0 Å². The van der Waals surface area contributed by atoms with E-state index in [1.807, 2.05) is 0 Å². The van der Waals surface area contributed by atoms with Crippen molar-refractivity contribution in [2.24, 2.45) is 0 Å². The summed E-state index contributed by atoms with van der Waals surface area (Å²) in [6.45, 7) is 0. The van der Waals surface area contributed by atoms with Crippen molar-refractivity contribution in [1.82, 2.24) is 9.78 Å². The van der Waals surface area contributed by atoms with E-state index >= 15 is 0 Å². The zero-order valence-corrected chi connectivity index (χ0v) is 8.84. The Balaban J connectivity index is 2.48. The van der Waals surface area contributed by atoms with Crippen molar-refractivity contribution in [3.63, 3.8) is 0 Å². The van der Waals surface area contributed by atoms with Crippen LogP contribution in [0.5, 0.6) is 5.75 Å². The summed E-state index contributed by atoms with van der Waals surface area (Å²) in [5.74, 6) is 0.107. The molecule has 84 valence electrons. The highest BCUT2D eigenvalue weighted by atomic mass is 32.1. The average Bonchev–Trinajstić information content (AvgIpc) is 2.62. The molecule has 0 fully saturated rings. The molecular formula is C10H8F2N2OS. The third-order valence-corrected chi connectivity index (χ3v) is 2.38. The van der Waals surface area contributed by atoms with Gasteiger partial charge in [0.25, 0.3) is 6.43 Å². The first-order valence-electron chi connectivity index (χ1n) is 4.47. The predicted molar refractivity (Wildman–Crippen MR) is 57.6 cm³/mol. The molecule has 0 aliphatic carbocycles. The van der Waals surface area contributed by atoms with E-state index in [1.165, 1.54) is 22.9 Å². The van der Waals surface area contributed by atoms with Crippen LogP contribution in [-0.2, 0) is 0 Å². The molecule has 0 atom stereocenters. The lowest BCUT2D eigenvalue weighted by molar-refractivity contribution is 0.145. The van der Waals surface area contributed by atoms with E-state index in [9.17, 15) is 8.78 Å². The molecule has 2 rings (SSSR count). The van der Waals surface area contributed by atoms with Gasteiger partial charge >= 0.3 is 0 Å². The SMILES string of the molecule is Oc1ccc(-n2[nH]c(C(F)F)cc2=S)cc1. The van der Waals surface area contributed by atoms with Crippen molar-refractivity contribution in [2.45, 2.75) is 6.43 Å². The summed E-state index contributed by atoms with van der Waals surface area (Å²) in [5.41, 5.74) is 0.368. The van der Waals surface area contributed by atoms with Crippen LogP contribution in [0.25, 0.3) is 5.69 Å². The van der Waals surface area contributed by atoms with Crippen molar-refractivity contribution < 1.29 is 13.9 Å². The van der Waals surface area contributed by atoms with Crippen molar-refractivity contribution in [2.75, 3.05) is 0 Å². The maximum Gasteiger partial charge on any atom is 0.279 e. The van der Waals surface area contributed by atoms with E-state index in [2.05, 4.69) is 5.10 Å². The number of aromatic amines is 1. The van der Waals surface area contributed by atoms with Gasteiger partial charge in [0.1, 0.15) is 16.1 Å². The summed E-state index contributed by atoms with van der Waals surface area (Å²) in [6.07, 6.45) is -2.58. The second-order valence-electron chi connectivity index (χ2n) is 3.20. The number of phenolic OH excluding ortho intramolecular Hbond substituents is 1. The fraction of sp³-hybridized carbons (Fsp3) is 0.100. The zero-order valence-electron chi connectivity index (χ0n) is 8.02. The highest BCUT2D eigenvalue weighted by Crippen LogP contribution is 2.19. The van der Waals surface area contributed by atoms with Crippen LogP contribution in [0, 0.1) is 4.64 Å². The molecule has 0 saturated carbocycles. The normalized spacial score (nSPS) is 10.9. The zero-order chi connectivity index (χ0) is 11.7. The predicted octanol–water partition coefficient (Wildman–Crippen LogP) is 3.18. The summed E-state index contributed by atoms with van der Waals surface area (Å²) in [5, 5.41) is 11.6. The lowest BCUT2D eigenvalue weighted by atomic mass is 10.3.